The Morgan fingerprint density at radius 2 is 2.20 bits per heavy atom. The number of hydrogen-bond acceptors (Lipinski definition) is 4. The normalized spacial score (nSPS) is 18.8. The Morgan fingerprint density at radius 1 is 1.30 bits per heavy atom. The van der Waals surface area contributed by atoms with Crippen LogP contribution in [0.2, 0.25) is 0 Å². The highest BCUT2D eigenvalue weighted by molar-refractivity contribution is 5.60. The first-order valence-electron chi connectivity index (χ1n) is 6.38. The van der Waals surface area contributed by atoms with Crippen molar-refractivity contribution < 1.29 is 13.5 Å². The predicted octanol–water partition coefficient (Wildman–Crippen LogP) is 2.87. The summed E-state index contributed by atoms with van der Waals surface area (Å²) < 4.78 is 24.7. The van der Waals surface area contributed by atoms with E-state index < -0.39 is 5.82 Å². The molecule has 0 aliphatic carbocycles. The van der Waals surface area contributed by atoms with Gasteiger partial charge in [-0.1, -0.05) is 6.07 Å². The maximum absolute atomic E-state index is 13.7. The quantitative estimate of drug-likeness (QED) is 0.843. The fourth-order valence-corrected chi connectivity index (χ4v) is 2.40. The Balaban J connectivity index is 1.88. The molecule has 1 unspecified atom stereocenters. The fourth-order valence-electron chi connectivity index (χ4n) is 2.40. The number of halogens is 1. The van der Waals surface area contributed by atoms with Crippen molar-refractivity contribution in [2.75, 3.05) is 24.6 Å². The molecule has 1 aromatic heterocycles. The van der Waals surface area contributed by atoms with E-state index in [1.54, 1.807) is 24.5 Å². The number of hydrogen-bond donors (Lipinski definition) is 0. The van der Waals surface area contributed by atoms with Crippen molar-refractivity contribution in [2.45, 2.75) is 6.10 Å². The molecular weight excluding hydrogens is 259 g/mol. The van der Waals surface area contributed by atoms with Crippen molar-refractivity contribution in [3.8, 4) is 6.07 Å². The Morgan fingerprint density at radius 3 is 2.95 bits per heavy atom. The van der Waals surface area contributed by atoms with E-state index in [0.29, 0.717) is 25.4 Å². The molecule has 0 amide bonds. The van der Waals surface area contributed by atoms with Crippen LogP contribution in [0.3, 0.4) is 0 Å². The number of morpholine rings is 1. The standard InChI is InChI=1S/C15H13FN2O2/c16-12-3-1-4-13(11(12)9-17)18-6-8-20-15(10-18)14-5-2-7-19-14/h1-5,7,15H,6,8,10H2. The summed E-state index contributed by atoms with van der Waals surface area (Å²) in [6.45, 7) is 1.66. The Kier molecular flexibility index (Phi) is 3.40. The number of anilines is 1. The van der Waals surface area contributed by atoms with E-state index in [4.69, 9.17) is 14.4 Å². The van der Waals surface area contributed by atoms with E-state index in [1.165, 1.54) is 6.07 Å². The van der Waals surface area contributed by atoms with Crippen LogP contribution >= 0.6 is 0 Å². The van der Waals surface area contributed by atoms with Crippen LogP contribution in [0.25, 0.3) is 0 Å². The molecule has 5 heteroatoms. The Labute approximate surface area is 116 Å². The van der Waals surface area contributed by atoms with E-state index >= 15 is 0 Å². The van der Waals surface area contributed by atoms with Gasteiger partial charge in [-0.2, -0.15) is 5.26 Å². The van der Waals surface area contributed by atoms with Gasteiger partial charge in [0.05, 0.1) is 25.1 Å². The van der Waals surface area contributed by atoms with Gasteiger partial charge >= 0.3 is 0 Å². The molecule has 1 aliphatic rings. The first-order chi connectivity index (χ1) is 9.79. The third-order valence-electron chi connectivity index (χ3n) is 3.37. The molecule has 4 nitrogen and oxygen atoms in total. The van der Waals surface area contributed by atoms with Gasteiger partial charge in [-0.3, -0.25) is 0 Å². The van der Waals surface area contributed by atoms with E-state index in [9.17, 15) is 4.39 Å². The van der Waals surface area contributed by atoms with Gasteiger partial charge in [-0.15, -0.1) is 0 Å². The monoisotopic (exact) mass is 272 g/mol. The van der Waals surface area contributed by atoms with E-state index in [0.717, 1.165) is 5.76 Å². The van der Waals surface area contributed by atoms with Gasteiger partial charge < -0.3 is 14.1 Å². The summed E-state index contributed by atoms with van der Waals surface area (Å²) >= 11 is 0. The zero-order valence-corrected chi connectivity index (χ0v) is 10.8. The van der Waals surface area contributed by atoms with E-state index in [1.807, 2.05) is 17.0 Å². The first-order valence-corrected chi connectivity index (χ1v) is 6.38. The van der Waals surface area contributed by atoms with Crippen molar-refractivity contribution in [1.29, 1.82) is 5.26 Å². The zero-order valence-electron chi connectivity index (χ0n) is 10.8. The summed E-state index contributed by atoms with van der Waals surface area (Å²) in [4.78, 5) is 1.96. The molecule has 20 heavy (non-hydrogen) atoms. The lowest BCUT2D eigenvalue weighted by Gasteiger charge is -2.34. The number of nitrogens with zero attached hydrogens (tertiary/aromatic N) is 2. The molecule has 0 bridgehead atoms. The number of rotatable bonds is 2. The number of ether oxygens (including phenoxy) is 1. The van der Waals surface area contributed by atoms with Crippen LogP contribution in [-0.2, 0) is 4.74 Å². The van der Waals surface area contributed by atoms with Gasteiger partial charge in [-0.05, 0) is 24.3 Å². The molecule has 3 rings (SSSR count). The third-order valence-corrected chi connectivity index (χ3v) is 3.37. The molecule has 2 heterocycles. The zero-order chi connectivity index (χ0) is 13.9. The van der Waals surface area contributed by atoms with E-state index in [2.05, 4.69) is 0 Å². The topological polar surface area (TPSA) is 49.4 Å². The molecule has 2 aromatic rings. The summed E-state index contributed by atoms with van der Waals surface area (Å²) in [5.74, 6) is 0.246. The average molecular weight is 272 g/mol. The minimum atomic E-state index is -0.494. The average Bonchev–Trinajstić information content (AvgIpc) is 3.01. The Bertz CT molecular complexity index is 634. The van der Waals surface area contributed by atoms with Crippen LogP contribution in [0, 0.1) is 17.1 Å². The summed E-state index contributed by atoms with van der Waals surface area (Å²) in [7, 11) is 0. The highest BCUT2D eigenvalue weighted by Gasteiger charge is 2.26. The number of furan rings is 1. The summed E-state index contributed by atoms with van der Waals surface area (Å²) in [5, 5.41) is 9.11. The lowest BCUT2D eigenvalue weighted by molar-refractivity contribution is 0.0257. The van der Waals surface area contributed by atoms with Gasteiger partial charge in [0.1, 0.15) is 29.3 Å². The van der Waals surface area contributed by atoms with Gasteiger partial charge in [-0.25, -0.2) is 4.39 Å². The number of benzene rings is 1. The summed E-state index contributed by atoms with van der Waals surface area (Å²) in [6.07, 6.45) is 1.40. The van der Waals surface area contributed by atoms with Gasteiger partial charge in [0, 0.05) is 6.54 Å². The van der Waals surface area contributed by atoms with Crippen molar-refractivity contribution in [1.82, 2.24) is 0 Å². The maximum atomic E-state index is 13.7. The maximum Gasteiger partial charge on any atom is 0.143 e. The third kappa shape index (κ3) is 2.26. The van der Waals surface area contributed by atoms with Gasteiger partial charge in [0.2, 0.25) is 0 Å². The van der Waals surface area contributed by atoms with Crippen LogP contribution in [0.4, 0.5) is 10.1 Å². The molecule has 1 saturated heterocycles. The minimum absolute atomic E-state index is 0.0765. The molecule has 102 valence electrons. The largest absolute Gasteiger partial charge is 0.467 e. The molecule has 0 N–H and O–H groups in total. The molecular formula is C15H13FN2O2. The second-order valence-electron chi connectivity index (χ2n) is 4.57. The lowest BCUT2D eigenvalue weighted by atomic mass is 10.1. The smallest absolute Gasteiger partial charge is 0.143 e. The van der Waals surface area contributed by atoms with Gasteiger partial charge in [0.15, 0.2) is 0 Å². The van der Waals surface area contributed by atoms with Crippen molar-refractivity contribution in [3.63, 3.8) is 0 Å². The highest BCUT2D eigenvalue weighted by atomic mass is 19.1. The Hall–Kier alpha value is -2.32. The van der Waals surface area contributed by atoms with Crippen LogP contribution in [-0.4, -0.2) is 19.7 Å². The molecule has 1 atom stereocenters. The SMILES string of the molecule is N#Cc1c(F)cccc1N1CCOC(c2ccco2)C1. The molecule has 0 radical (unpaired) electrons. The second-order valence-corrected chi connectivity index (χ2v) is 4.57. The molecule has 1 fully saturated rings. The fraction of sp³-hybridized carbons (Fsp3) is 0.267. The van der Waals surface area contributed by atoms with Crippen LogP contribution < -0.4 is 4.90 Å². The van der Waals surface area contributed by atoms with E-state index in [-0.39, 0.29) is 11.7 Å². The molecule has 0 saturated carbocycles. The number of nitriles is 1. The molecule has 1 aliphatic heterocycles. The lowest BCUT2D eigenvalue weighted by Crippen LogP contribution is -2.38. The molecule has 1 aromatic carbocycles. The summed E-state index contributed by atoms with van der Waals surface area (Å²) in [5.41, 5.74) is 0.681. The van der Waals surface area contributed by atoms with Crippen molar-refractivity contribution in [3.05, 3.63) is 53.7 Å². The first kappa shape index (κ1) is 12.7. The highest BCUT2D eigenvalue weighted by Crippen LogP contribution is 2.29. The molecule has 0 spiro atoms. The van der Waals surface area contributed by atoms with Crippen LogP contribution in [0.15, 0.2) is 41.0 Å². The van der Waals surface area contributed by atoms with Gasteiger partial charge in [0.25, 0.3) is 0 Å². The van der Waals surface area contributed by atoms with Crippen LogP contribution in [0.1, 0.15) is 17.4 Å². The van der Waals surface area contributed by atoms with Crippen molar-refractivity contribution >= 4 is 5.69 Å². The summed E-state index contributed by atoms with van der Waals surface area (Å²) in [6, 6.07) is 10.3. The minimum Gasteiger partial charge on any atom is -0.467 e. The second kappa shape index (κ2) is 5.35. The van der Waals surface area contributed by atoms with Crippen molar-refractivity contribution in [2.24, 2.45) is 0 Å². The predicted molar refractivity (Wildman–Crippen MR) is 70.7 cm³/mol. The van der Waals surface area contributed by atoms with Crippen LogP contribution in [0.5, 0.6) is 0 Å².